The van der Waals surface area contributed by atoms with Gasteiger partial charge in [-0.2, -0.15) is 13.2 Å². The van der Waals surface area contributed by atoms with Crippen LogP contribution in [0.3, 0.4) is 0 Å². The van der Waals surface area contributed by atoms with E-state index in [0.717, 1.165) is 18.3 Å². The molecule has 0 saturated heterocycles. The summed E-state index contributed by atoms with van der Waals surface area (Å²) in [4.78, 5) is 3.76. The molecule has 20 heavy (non-hydrogen) atoms. The summed E-state index contributed by atoms with van der Waals surface area (Å²) in [5, 5.41) is 8.94. The number of halogens is 3. The van der Waals surface area contributed by atoms with Crippen LogP contribution < -0.4 is 4.74 Å². The van der Waals surface area contributed by atoms with Gasteiger partial charge < -0.3 is 9.84 Å². The highest BCUT2D eigenvalue weighted by Gasteiger charge is 2.31. The highest BCUT2D eigenvalue weighted by Crippen LogP contribution is 2.32. The summed E-state index contributed by atoms with van der Waals surface area (Å²) in [7, 11) is 0. The number of para-hydroxylation sites is 1. The van der Waals surface area contributed by atoms with Gasteiger partial charge in [0.1, 0.15) is 5.75 Å². The summed E-state index contributed by atoms with van der Waals surface area (Å²) in [6.45, 7) is -0.0730. The number of benzene rings is 1. The number of ether oxygens (including phenoxy) is 1. The van der Waals surface area contributed by atoms with Crippen molar-refractivity contribution in [2.24, 2.45) is 0 Å². The minimum atomic E-state index is -4.44. The van der Waals surface area contributed by atoms with E-state index in [1.807, 2.05) is 0 Å². The first-order valence-electron chi connectivity index (χ1n) is 5.90. The highest BCUT2D eigenvalue weighted by atomic mass is 19.4. The van der Waals surface area contributed by atoms with Crippen LogP contribution in [0.2, 0.25) is 0 Å². The molecule has 0 amide bonds. The average molecular weight is 283 g/mol. The number of aliphatic hydroxyl groups excluding tert-OH is 1. The standard InChI is InChI=1S/C14H12F3NO2/c15-14(16,17)11-5-7-18-13(9-11)20-12-4-2-1-3-10(12)6-8-19/h1-5,7,9,19H,6,8H2. The lowest BCUT2D eigenvalue weighted by Crippen LogP contribution is -2.05. The monoisotopic (exact) mass is 283 g/mol. The Kier molecular flexibility index (Phi) is 4.24. The molecule has 0 atom stereocenters. The molecule has 0 aliphatic carbocycles. The Labute approximate surface area is 113 Å². The van der Waals surface area contributed by atoms with E-state index in [2.05, 4.69) is 4.98 Å². The molecule has 0 aliphatic rings. The molecule has 1 aromatic heterocycles. The van der Waals surface area contributed by atoms with Crippen molar-refractivity contribution in [3.05, 3.63) is 53.7 Å². The highest BCUT2D eigenvalue weighted by molar-refractivity contribution is 5.37. The zero-order valence-corrected chi connectivity index (χ0v) is 10.4. The lowest BCUT2D eigenvalue weighted by molar-refractivity contribution is -0.137. The van der Waals surface area contributed by atoms with Crippen LogP contribution in [0.5, 0.6) is 11.6 Å². The van der Waals surface area contributed by atoms with Crippen LogP contribution in [0.1, 0.15) is 11.1 Å². The fourth-order valence-corrected chi connectivity index (χ4v) is 1.68. The summed E-state index contributed by atoms with van der Waals surface area (Å²) >= 11 is 0. The second-order valence-corrected chi connectivity index (χ2v) is 4.06. The van der Waals surface area contributed by atoms with Gasteiger partial charge in [-0.25, -0.2) is 4.98 Å². The van der Waals surface area contributed by atoms with Crippen LogP contribution in [0.4, 0.5) is 13.2 Å². The van der Waals surface area contributed by atoms with E-state index < -0.39 is 11.7 Å². The molecular formula is C14H12F3NO2. The Morgan fingerprint density at radius 2 is 1.90 bits per heavy atom. The topological polar surface area (TPSA) is 42.4 Å². The van der Waals surface area contributed by atoms with Gasteiger partial charge in [-0.15, -0.1) is 0 Å². The molecular weight excluding hydrogens is 271 g/mol. The molecule has 2 aromatic rings. The van der Waals surface area contributed by atoms with Crippen molar-refractivity contribution < 1.29 is 23.0 Å². The largest absolute Gasteiger partial charge is 0.439 e. The molecule has 6 heteroatoms. The van der Waals surface area contributed by atoms with Gasteiger partial charge in [0, 0.05) is 18.9 Å². The quantitative estimate of drug-likeness (QED) is 0.934. The SMILES string of the molecule is OCCc1ccccc1Oc1cc(C(F)(F)F)ccn1. The first-order valence-corrected chi connectivity index (χ1v) is 5.90. The zero-order valence-electron chi connectivity index (χ0n) is 10.4. The molecule has 1 aromatic carbocycles. The van der Waals surface area contributed by atoms with Gasteiger partial charge in [-0.3, -0.25) is 0 Å². The maximum Gasteiger partial charge on any atom is 0.416 e. The van der Waals surface area contributed by atoms with Gasteiger partial charge in [0.15, 0.2) is 0 Å². The van der Waals surface area contributed by atoms with E-state index in [9.17, 15) is 13.2 Å². The first kappa shape index (κ1) is 14.3. The third-order valence-corrected chi connectivity index (χ3v) is 2.63. The molecule has 0 aliphatic heterocycles. The molecule has 0 unspecified atom stereocenters. The maximum atomic E-state index is 12.6. The Hall–Kier alpha value is -2.08. The molecule has 3 nitrogen and oxygen atoms in total. The third kappa shape index (κ3) is 3.48. The summed E-state index contributed by atoms with van der Waals surface area (Å²) < 4.78 is 43.1. The predicted molar refractivity (Wildman–Crippen MR) is 66.5 cm³/mol. The van der Waals surface area contributed by atoms with Crippen molar-refractivity contribution in [3.8, 4) is 11.6 Å². The van der Waals surface area contributed by atoms with Gasteiger partial charge in [0.2, 0.25) is 5.88 Å². The normalized spacial score (nSPS) is 11.4. The van der Waals surface area contributed by atoms with E-state index in [1.54, 1.807) is 24.3 Å². The molecule has 0 bridgehead atoms. The Morgan fingerprint density at radius 1 is 1.15 bits per heavy atom. The van der Waals surface area contributed by atoms with Crippen molar-refractivity contribution in [1.82, 2.24) is 4.98 Å². The fraction of sp³-hybridized carbons (Fsp3) is 0.214. The van der Waals surface area contributed by atoms with Crippen LogP contribution >= 0.6 is 0 Å². The number of aromatic nitrogens is 1. The van der Waals surface area contributed by atoms with Crippen LogP contribution in [-0.2, 0) is 12.6 Å². The van der Waals surface area contributed by atoms with E-state index >= 15 is 0 Å². The van der Waals surface area contributed by atoms with Crippen LogP contribution in [0.15, 0.2) is 42.6 Å². The smallest absolute Gasteiger partial charge is 0.416 e. The number of pyridine rings is 1. The van der Waals surface area contributed by atoms with Gasteiger partial charge in [0.05, 0.1) is 5.56 Å². The van der Waals surface area contributed by atoms with Crippen LogP contribution in [0.25, 0.3) is 0 Å². The maximum absolute atomic E-state index is 12.6. The van der Waals surface area contributed by atoms with Crippen LogP contribution in [-0.4, -0.2) is 16.7 Å². The Bertz CT molecular complexity index is 585. The summed E-state index contributed by atoms with van der Waals surface area (Å²) in [5.41, 5.74) is -0.114. The van der Waals surface area contributed by atoms with Crippen molar-refractivity contribution >= 4 is 0 Å². The molecule has 0 fully saturated rings. The molecule has 106 valence electrons. The van der Waals surface area contributed by atoms with E-state index in [1.165, 1.54) is 0 Å². The first-order chi connectivity index (χ1) is 9.50. The number of rotatable bonds is 4. The number of alkyl halides is 3. The van der Waals surface area contributed by atoms with Crippen molar-refractivity contribution in [1.29, 1.82) is 0 Å². The van der Waals surface area contributed by atoms with Crippen molar-refractivity contribution in [3.63, 3.8) is 0 Å². The lowest BCUT2D eigenvalue weighted by atomic mass is 10.1. The number of hydrogen-bond donors (Lipinski definition) is 1. The summed E-state index contributed by atoms with van der Waals surface area (Å²) in [5.74, 6) is 0.249. The van der Waals surface area contributed by atoms with Gasteiger partial charge in [-0.05, 0) is 24.1 Å². The Balaban J connectivity index is 2.26. The predicted octanol–water partition coefficient (Wildman–Crippen LogP) is 3.43. The van der Waals surface area contributed by atoms with Gasteiger partial charge in [-0.1, -0.05) is 18.2 Å². The van der Waals surface area contributed by atoms with E-state index in [0.29, 0.717) is 17.7 Å². The zero-order chi connectivity index (χ0) is 14.6. The Morgan fingerprint density at radius 3 is 2.60 bits per heavy atom. The molecule has 0 radical (unpaired) electrons. The van der Waals surface area contributed by atoms with E-state index in [4.69, 9.17) is 9.84 Å². The second-order valence-electron chi connectivity index (χ2n) is 4.06. The van der Waals surface area contributed by atoms with Gasteiger partial charge in [0.25, 0.3) is 0 Å². The fourth-order valence-electron chi connectivity index (χ4n) is 1.68. The average Bonchev–Trinajstić information content (AvgIpc) is 2.41. The number of aliphatic hydroxyl groups is 1. The van der Waals surface area contributed by atoms with Crippen molar-refractivity contribution in [2.75, 3.05) is 6.61 Å². The second kappa shape index (κ2) is 5.92. The minimum Gasteiger partial charge on any atom is -0.439 e. The minimum absolute atomic E-state index is 0.0730. The summed E-state index contributed by atoms with van der Waals surface area (Å²) in [6, 6.07) is 8.54. The van der Waals surface area contributed by atoms with Gasteiger partial charge >= 0.3 is 6.18 Å². The third-order valence-electron chi connectivity index (χ3n) is 2.63. The molecule has 0 saturated carbocycles. The molecule has 1 N–H and O–H groups in total. The molecule has 1 heterocycles. The number of hydrogen-bond acceptors (Lipinski definition) is 3. The van der Waals surface area contributed by atoms with Crippen LogP contribution in [0, 0.1) is 0 Å². The van der Waals surface area contributed by atoms with E-state index in [-0.39, 0.29) is 12.5 Å². The molecule has 2 rings (SSSR count). The van der Waals surface area contributed by atoms with Crippen molar-refractivity contribution in [2.45, 2.75) is 12.6 Å². The number of nitrogens with zero attached hydrogens (tertiary/aromatic N) is 1. The molecule has 0 spiro atoms. The lowest BCUT2D eigenvalue weighted by Gasteiger charge is -2.11. The summed E-state index contributed by atoms with van der Waals surface area (Å²) in [6.07, 6.45) is -3.03.